The van der Waals surface area contributed by atoms with Crippen molar-refractivity contribution in [1.82, 2.24) is 5.32 Å². The Balaban J connectivity index is 2.54. The molecule has 0 aliphatic heterocycles. The third-order valence-corrected chi connectivity index (χ3v) is 5.93. The van der Waals surface area contributed by atoms with Crippen LogP contribution in [0.25, 0.3) is 0 Å². The quantitative estimate of drug-likeness (QED) is 0.186. The fourth-order valence-corrected chi connectivity index (χ4v) is 3.92. The fourth-order valence-electron chi connectivity index (χ4n) is 3.92. The first-order chi connectivity index (χ1) is 15.3. The van der Waals surface area contributed by atoms with E-state index < -0.39 is 18.1 Å². The van der Waals surface area contributed by atoms with Gasteiger partial charge in [0, 0.05) is 5.92 Å². The highest BCUT2D eigenvalue weighted by molar-refractivity contribution is 5.81. The van der Waals surface area contributed by atoms with Gasteiger partial charge in [0.1, 0.15) is 18.8 Å². The van der Waals surface area contributed by atoms with Crippen LogP contribution < -0.4 is 5.32 Å². The number of alkyl carbamates (subject to hydrolysis) is 1. The summed E-state index contributed by atoms with van der Waals surface area (Å²) in [6.45, 7) is 14.3. The Bertz CT molecular complexity index is 675. The maximum absolute atomic E-state index is 12.7. The molecule has 1 rings (SSSR count). The molecule has 1 N–H and O–H groups in total. The van der Waals surface area contributed by atoms with Crippen LogP contribution in [0, 0.1) is 17.8 Å². The van der Waals surface area contributed by atoms with Crippen molar-refractivity contribution in [3.63, 3.8) is 0 Å². The van der Waals surface area contributed by atoms with E-state index in [-0.39, 0.29) is 24.5 Å². The van der Waals surface area contributed by atoms with Gasteiger partial charge in [-0.25, -0.2) is 9.59 Å². The Morgan fingerprint density at radius 1 is 1.06 bits per heavy atom. The van der Waals surface area contributed by atoms with Crippen LogP contribution >= 0.6 is 0 Å². The summed E-state index contributed by atoms with van der Waals surface area (Å²) in [5, 5.41) is 2.57. The molecule has 180 valence electrons. The summed E-state index contributed by atoms with van der Waals surface area (Å²) in [4.78, 5) is 24.8. The molecule has 5 nitrogen and oxygen atoms in total. The molecule has 0 unspecified atom stereocenters. The summed E-state index contributed by atoms with van der Waals surface area (Å²) in [7, 11) is 0. The molecule has 0 aliphatic carbocycles. The average molecular weight is 446 g/mol. The topological polar surface area (TPSA) is 64.6 Å². The lowest BCUT2D eigenvalue weighted by Crippen LogP contribution is -2.43. The Hall–Kier alpha value is -2.30. The Labute approximate surface area is 195 Å². The van der Waals surface area contributed by atoms with Gasteiger partial charge in [-0.05, 0) is 30.7 Å². The summed E-state index contributed by atoms with van der Waals surface area (Å²) in [5.41, 5.74) is 0.885. The lowest BCUT2D eigenvalue weighted by molar-refractivity contribution is -0.156. The van der Waals surface area contributed by atoms with Gasteiger partial charge in [0.25, 0.3) is 0 Å². The van der Waals surface area contributed by atoms with Crippen LogP contribution in [0.2, 0.25) is 0 Å². The van der Waals surface area contributed by atoms with Gasteiger partial charge < -0.3 is 14.8 Å². The maximum Gasteiger partial charge on any atom is 0.408 e. The minimum atomic E-state index is -0.795. The third-order valence-electron chi connectivity index (χ3n) is 5.93. The number of nitrogens with one attached hydrogen (secondary N) is 1. The number of benzene rings is 1. The van der Waals surface area contributed by atoms with E-state index in [2.05, 4.69) is 32.7 Å². The number of unbranched alkanes of at least 4 members (excludes halogenated alkanes) is 3. The molecular weight excluding hydrogens is 402 g/mol. The minimum Gasteiger partial charge on any atom is -0.460 e. The molecule has 0 spiro atoms. The van der Waals surface area contributed by atoms with Crippen molar-refractivity contribution >= 4 is 12.1 Å². The molecule has 1 amide bonds. The van der Waals surface area contributed by atoms with E-state index in [1.807, 2.05) is 43.3 Å². The second kappa shape index (κ2) is 15.5. The summed E-state index contributed by atoms with van der Waals surface area (Å²) < 4.78 is 11.1. The molecule has 0 heterocycles. The second-order valence-electron chi connectivity index (χ2n) is 9.09. The summed E-state index contributed by atoms with van der Waals surface area (Å²) in [5.74, 6) is 0.343. The lowest BCUT2D eigenvalue weighted by atomic mass is 9.85. The number of rotatable bonds is 15. The molecule has 5 atom stereocenters. The standard InChI is InChI=1S/C27H43NO4/c1-7-9-10-12-15-20(3)18-22(5)25(21(4)8-2)32-26(29)23(6)28-27(30)31-19-24-16-13-11-14-17-24/h8,11,13-14,16-17,20-23,25H,2,7,9-10,12,15,18-19H2,1,3-6H3,(H,28,30)/t20-,21-,22-,23-,25-/m0/s1. The molecule has 0 bridgehead atoms. The summed E-state index contributed by atoms with van der Waals surface area (Å²) in [6, 6.07) is 8.61. The van der Waals surface area contributed by atoms with E-state index in [4.69, 9.17) is 9.47 Å². The van der Waals surface area contributed by atoms with E-state index in [9.17, 15) is 9.59 Å². The molecule has 0 saturated heterocycles. The van der Waals surface area contributed by atoms with Gasteiger partial charge >= 0.3 is 12.1 Å². The zero-order valence-electron chi connectivity index (χ0n) is 20.6. The van der Waals surface area contributed by atoms with Crippen LogP contribution in [-0.4, -0.2) is 24.2 Å². The number of carbonyl (C=O) groups is 2. The average Bonchev–Trinajstić information content (AvgIpc) is 2.78. The number of amides is 1. The first-order valence-corrected chi connectivity index (χ1v) is 12.1. The summed E-state index contributed by atoms with van der Waals surface area (Å²) >= 11 is 0. The highest BCUT2D eigenvalue weighted by Gasteiger charge is 2.29. The van der Waals surface area contributed by atoms with Crippen LogP contribution in [0.5, 0.6) is 0 Å². The van der Waals surface area contributed by atoms with Crippen molar-refractivity contribution in [1.29, 1.82) is 0 Å². The summed E-state index contributed by atoms with van der Waals surface area (Å²) in [6.07, 6.45) is 8.15. The third kappa shape index (κ3) is 10.8. The van der Waals surface area contributed by atoms with Crippen LogP contribution in [0.4, 0.5) is 4.79 Å². The molecule has 1 aromatic rings. The van der Waals surface area contributed by atoms with Gasteiger partial charge in [0.15, 0.2) is 0 Å². The van der Waals surface area contributed by atoms with Gasteiger partial charge in [-0.1, -0.05) is 96.2 Å². The zero-order valence-corrected chi connectivity index (χ0v) is 20.6. The van der Waals surface area contributed by atoms with E-state index in [1.165, 1.54) is 32.1 Å². The second-order valence-corrected chi connectivity index (χ2v) is 9.09. The highest BCUT2D eigenvalue weighted by atomic mass is 16.6. The van der Waals surface area contributed by atoms with Crippen molar-refractivity contribution in [2.24, 2.45) is 17.8 Å². The molecule has 0 radical (unpaired) electrons. The first-order valence-electron chi connectivity index (χ1n) is 12.1. The fraction of sp³-hybridized carbons (Fsp3) is 0.630. The molecule has 0 aromatic heterocycles. The first kappa shape index (κ1) is 27.7. The predicted octanol–water partition coefficient (Wildman–Crippen LogP) is 6.67. The molecule has 0 saturated carbocycles. The maximum atomic E-state index is 12.7. The van der Waals surface area contributed by atoms with E-state index >= 15 is 0 Å². The molecular formula is C27H43NO4. The SMILES string of the molecule is C=C[C@H](C)[C@H](OC(=O)[C@H](C)NC(=O)OCc1ccccc1)[C@@H](C)C[C@@H](C)CCCCCC. The van der Waals surface area contributed by atoms with Crippen molar-refractivity contribution in [2.45, 2.75) is 91.9 Å². The normalized spacial score (nSPS) is 15.7. The minimum absolute atomic E-state index is 0.0264. The molecule has 0 aliphatic rings. The molecule has 0 fully saturated rings. The Morgan fingerprint density at radius 2 is 1.75 bits per heavy atom. The van der Waals surface area contributed by atoms with Crippen molar-refractivity contribution in [3.05, 3.63) is 48.6 Å². The number of hydrogen-bond donors (Lipinski definition) is 1. The number of esters is 1. The van der Waals surface area contributed by atoms with E-state index in [0.29, 0.717) is 5.92 Å². The highest BCUT2D eigenvalue weighted by Crippen LogP contribution is 2.27. The largest absolute Gasteiger partial charge is 0.460 e. The van der Waals surface area contributed by atoms with Gasteiger partial charge in [-0.3, -0.25) is 0 Å². The van der Waals surface area contributed by atoms with Gasteiger partial charge in [0.05, 0.1) is 0 Å². The molecule has 1 aromatic carbocycles. The van der Waals surface area contributed by atoms with Crippen molar-refractivity contribution in [2.75, 3.05) is 0 Å². The monoisotopic (exact) mass is 445 g/mol. The van der Waals surface area contributed by atoms with E-state index in [1.54, 1.807) is 6.92 Å². The lowest BCUT2D eigenvalue weighted by Gasteiger charge is -2.30. The van der Waals surface area contributed by atoms with E-state index in [0.717, 1.165) is 12.0 Å². The van der Waals surface area contributed by atoms with Crippen LogP contribution in [0.1, 0.15) is 78.7 Å². The van der Waals surface area contributed by atoms with Crippen LogP contribution in [-0.2, 0) is 20.9 Å². The number of carbonyl (C=O) groups excluding carboxylic acids is 2. The van der Waals surface area contributed by atoms with Crippen molar-refractivity contribution < 1.29 is 19.1 Å². The Kier molecular flexibility index (Phi) is 13.4. The smallest absolute Gasteiger partial charge is 0.408 e. The molecule has 5 heteroatoms. The number of ether oxygens (including phenoxy) is 2. The van der Waals surface area contributed by atoms with Gasteiger partial charge in [-0.2, -0.15) is 0 Å². The van der Waals surface area contributed by atoms with Crippen molar-refractivity contribution in [3.8, 4) is 0 Å². The van der Waals surface area contributed by atoms with Crippen LogP contribution in [0.3, 0.4) is 0 Å². The number of hydrogen-bond acceptors (Lipinski definition) is 4. The van der Waals surface area contributed by atoms with Gasteiger partial charge in [0.2, 0.25) is 0 Å². The predicted molar refractivity (Wildman–Crippen MR) is 130 cm³/mol. The molecule has 32 heavy (non-hydrogen) atoms. The zero-order chi connectivity index (χ0) is 23.9. The van der Waals surface area contributed by atoms with Crippen LogP contribution in [0.15, 0.2) is 43.0 Å². The van der Waals surface area contributed by atoms with Gasteiger partial charge in [-0.15, -0.1) is 6.58 Å². The Morgan fingerprint density at radius 3 is 2.38 bits per heavy atom.